The minimum Gasteiger partial charge on any atom is -0.473 e. The molecule has 1 aromatic heterocycles. The molecule has 0 aliphatic heterocycles. The van der Waals surface area contributed by atoms with Gasteiger partial charge in [-0.15, -0.1) is 0 Å². The smallest absolute Gasteiger partial charge is 0.230 e. The Morgan fingerprint density at radius 2 is 2.12 bits per heavy atom. The second-order valence-corrected chi connectivity index (χ2v) is 4.92. The molecule has 0 radical (unpaired) electrons. The van der Waals surface area contributed by atoms with Crippen molar-refractivity contribution in [3.63, 3.8) is 0 Å². The Hall–Kier alpha value is -1.50. The number of nitriles is 1. The summed E-state index contributed by atoms with van der Waals surface area (Å²) in [6, 6.07) is 2.18. The predicted octanol–water partition coefficient (Wildman–Crippen LogP) is 2.56. The molecule has 0 amide bonds. The Kier molecular flexibility index (Phi) is 3.37. The highest BCUT2D eigenvalue weighted by atomic mass is 16.5. The Bertz CT molecular complexity index is 444. The second kappa shape index (κ2) is 4.79. The van der Waals surface area contributed by atoms with Gasteiger partial charge in [0.1, 0.15) is 17.7 Å². The van der Waals surface area contributed by atoms with Gasteiger partial charge in [-0.2, -0.15) is 10.4 Å². The van der Waals surface area contributed by atoms with Crippen LogP contribution in [0.15, 0.2) is 0 Å². The summed E-state index contributed by atoms with van der Waals surface area (Å²) >= 11 is 0. The van der Waals surface area contributed by atoms with Crippen LogP contribution in [0.5, 0.6) is 5.88 Å². The van der Waals surface area contributed by atoms with E-state index in [1.807, 2.05) is 14.0 Å². The molecular formula is C13H19N3O. The number of aromatic nitrogens is 2. The SMILES string of the molecule is Cc1nn(C)c(OC2CCCCC2C)c1C#N. The van der Waals surface area contributed by atoms with Crippen LogP contribution in [0.4, 0.5) is 0 Å². The van der Waals surface area contributed by atoms with Gasteiger partial charge in [0.15, 0.2) is 0 Å². The number of hydrogen-bond donors (Lipinski definition) is 0. The van der Waals surface area contributed by atoms with Crippen molar-refractivity contribution in [1.29, 1.82) is 5.26 Å². The summed E-state index contributed by atoms with van der Waals surface area (Å²) in [7, 11) is 1.83. The van der Waals surface area contributed by atoms with Crippen LogP contribution < -0.4 is 4.74 Å². The molecule has 17 heavy (non-hydrogen) atoms. The number of hydrogen-bond acceptors (Lipinski definition) is 3. The summed E-state index contributed by atoms with van der Waals surface area (Å²) in [6.07, 6.45) is 5.02. The largest absolute Gasteiger partial charge is 0.473 e. The van der Waals surface area contributed by atoms with Gasteiger partial charge in [0.2, 0.25) is 5.88 Å². The lowest BCUT2D eigenvalue weighted by molar-refractivity contribution is 0.0926. The fourth-order valence-electron chi connectivity index (χ4n) is 2.50. The summed E-state index contributed by atoms with van der Waals surface area (Å²) in [5.41, 5.74) is 1.32. The van der Waals surface area contributed by atoms with Crippen molar-refractivity contribution in [2.75, 3.05) is 0 Å². The zero-order valence-electron chi connectivity index (χ0n) is 10.7. The third kappa shape index (κ3) is 2.28. The van der Waals surface area contributed by atoms with E-state index in [2.05, 4.69) is 18.1 Å². The van der Waals surface area contributed by atoms with E-state index in [0.717, 1.165) is 12.1 Å². The molecule has 92 valence electrons. The molecule has 2 unspecified atom stereocenters. The Labute approximate surface area is 102 Å². The third-order valence-corrected chi connectivity index (χ3v) is 3.58. The first-order valence-electron chi connectivity index (χ1n) is 6.24. The molecule has 1 heterocycles. The maximum Gasteiger partial charge on any atom is 0.230 e. The van der Waals surface area contributed by atoms with Crippen molar-refractivity contribution < 1.29 is 4.74 Å². The van der Waals surface area contributed by atoms with Crippen LogP contribution in [0.1, 0.15) is 43.9 Å². The monoisotopic (exact) mass is 233 g/mol. The van der Waals surface area contributed by atoms with Crippen molar-refractivity contribution in [2.45, 2.75) is 45.6 Å². The van der Waals surface area contributed by atoms with Crippen LogP contribution in [-0.2, 0) is 7.05 Å². The van der Waals surface area contributed by atoms with Gasteiger partial charge in [0.25, 0.3) is 0 Å². The molecular weight excluding hydrogens is 214 g/mol. The number of aryl methyl sites for hydroxylation is 2. The van der Waals surface area contributed by atoms with Crippen LogP contribution in [0.25, 0.3) is 0 Å². The van der Waals surface area contributed by atoms with Crippen molar-refractivity contribution in [3.05, 3.63) is 11.3 Å². The fraction of sp³-hybridized carbons (Fsp3) is 0.692. The Morgan fingerprint density at radius 3 is 2.76 bits per heavy atom. The van der Waals surface area contributed by atoms with E-state index >= 15 is 0 Å². The molecule has 0 saturated heterocycles. The maximum atomic E-state index is 9.12. The molecule has 4 nitrogen and oxygen atoms in total. The first-order chi connectivity index (χ1) is 8.13. The predicted molar refractivity (Wildman–Crippen MR) is 64.7 cm³/mol. The first-order valence-corrected chi connectivity index (χ1v) is 6.24. The standard InChI is InChI=1S/C13H19N3O/c1-9-6-4-5-7-12(9)17-13-11(8-14)10(2)15-16(13)3/h9,12H,4-7H2,1-3H3. The van der Waals surface area contributed by atoms with E-state index in [0.29, 0.717) is 17.4 Å². The van der Waals surface area contributed by atoms with Gasteiger partial charge in [0.05, 0.1) is 5.69 Å². The van der Waals surface area contributed by atoms with Crippen LogP contribution in [0, 0.1) is 24.2 Å². The average molecular weight is 233 g/mol. The van der Waals surface area contributed by atoms with Crippen LogP contribution >= 0.6 is 0 Å². The molecule has 0 spiro atoms. The fourth-order valence-corrected chi connectivity index (χ4v) is 2.50. The first kappa shape index (κ1) is 12.0. The van der Waals surface area contributed by atoms with E-state index in [-0.39, 0.29) is 6.10 Å². The molecule has 0 aromatic carbocycles. The summed E-state index contributed by atoms with van der Waals surface area (Å²) in [5, 5.41) is 13.4. The van der Waals surface area contributed by atoms with Crippen molar-refractivity contribution >= 4 is 0 Å². The molecule has 1 aliphatic carbocycles. The Balaban J connectivity index is 2.21. The van der Waals surface area contributed by atoms with Crippen LogP contribution in [-0.4, -0.2) is 15.9 Å². The van der Waals surface area contributed by atoms with E-state index in [9.17, 15) is 0 Å². The van der Waals surface area contributed by atoms with Gasteiger partial charge in [-0.1, -0.05) is 13.3 Å². The number of nitrogens with zero attached hydrogens (tertiary/aromatic N) is 3. The molecule has 0 bridgehead atoms. The quantitative estimate of drug-likeness (QED) is 0.788. The zero-order chi connectivity index (χ0) is 12.4. The van der Waals surface area contributed by atoms with Gasteiger partial charge in [-0.25, -0.2) is 4.68 Å². The number of ether oxygens (including phenoxy) is 1. The highest BCUT2D eigenvalue weighted by Crippen LogP contribution is 2.30. The normalized spacial score (nSPS) is 24.4. The zero-order valence-corrected chi connectivity index (χ0v) is 10.7. The molecule has 2 rings (SSSR count). The van der Waals surface area contributed by atoms with E-state index < -0.39 is 0 Å². The summed E-state index contributed by atoms with van der Waals surface area (Å²) in [5.74, 6) is 1.19. The molecule has 1 saturated carbocycles. The molecule has 1 aliphatic rings. The van der Waals surface area contributed by atoms with Crippen LogP contribution in [0.3, 0.4) is 0 Å². The van der Waals surface area contributed by atoms with E-state index in [1.54, 1.807) is 4.68 Å². The second-order valence-electron chi connectivity index (χ2n) is 4.92. The van der Waals surface area contributed by atoms with Crippen LogP contribution in [0.2, 0.25) is 0 Å². The van der Waals surface area contributed by atoms with Gasteiger partial charge < -0.3 is 4.74 Å². The van der Waals surface area contributed by atoms with E-state index in [4.69, 9.17) is 10.00 Å². The molecule has 1 aromatic rings. The maximum absolute atomic E-state index is 9.12. The minimum absolute atomic E-state index is 0.227. The third-order valence-electron chi connectivity index (χ3n) is 3.58. The van der Waals surface area contributed by atoms with Crippen molar-refractivity contribution in [3.8, 4) is 11.9 Å². The van der Waals surface area contributed by atoms with E-state index in [1.165, 1.54) is 19.3 Å². The molecule has 1 fully saturated rings. The highest BCUT2D eigenvalue weighted by Gasteiger charge is 2.26. The van der Waals surface area contributed by atoms with Crippen molar-refractivity contribution in [2.24, 2.45) is 13.0 Å². The highest BCUT2D eigenvalue weighted by molar-refractivity contribution is 5.42. The van der Waals surface area contributed by atoms with Gasteiger partial charge in [0, 0.05) is 7.05 Å². The average Bonchev–Trinajstić information content (AvgIpc) is 2.56. The molecule has 2 atom stereocenters. The summed E-state index contributed by atoms with van der Waals surface area (Å²) in [4.78, 5) is 0. The van der Waals surface area contributed by atoms with Crippen molar-refractivity contribution in [1.82, 2.24) is 9.78 Å². The summed E-state index contributed by atoms with van der Waals surface area (Å²) < 4.78 is 7.69. The van der Waals surface area contributed by atoms with Gasteiger partial charge >= 0.3 is 0 Å². The van der Waals surface area contributed by atoms with Gasteiger partial charge in [-0.05, 0) is 32.1 Å². The number of rotatable bonds is 2. The topological polar surface area (TPSA) is 50.8 Å². The van der Waals surface area contributed by atoms with Gasteiger partial charge in [-0.3, -0.25) is 0 Å². The molecule has 4 heteroatoms. The lowest BCUT2D eigenvalue weighted by atomic mass is 9.88. The lowest BCUT2D eigenvalue weighted by Gasteiger charge is -2.29. The lowest BCUT2D eigenvalue weighted by Crippen LogP contribution is -2.29. The minimum atomic E-state index is 0.227. The Morgan fingerprint density at radius 1 is 1.41 bits per heavy atom. The molecule has 0 N–H and O–H groups in total. The summed E-state index contributed by atoms with van der Waals surface area (Å²) in [6.45, 7) is 4.06.